The van der Waals surface area contributed by atoms with Crippen LogP contribution < -0.4 is 4.90 Å². The fraction of sp³-hybridized carbons (Fsp3) is 0.308. The third-order valence-electron chi connectivity index (χ3n) is 3.03. The summed E-state index contributed by atoms with van der Waals surface area (Å²) in [6.07, 6.45) is 0.973. The summed E-state index contributed by atoms with van der Waals surface area (Å²) in [5.41, 5.74) is 2.43. The molecule has 1 aliphatic heterocycles. The molecule has 1 aromatic heterocycles. The molecule has 1 aliphatic rings. The van der Waals surface area contributed by atoms with Gasteiger partial charge in [0.15, 0.2) is 0 Å². The van der Waals surface area contributed by atoms with Crippen LogP contribution in [0.2, 0.25) is 0 Å². The summed E-state index contributed by atoms with van der Waals surface area (Å²) >= 11 is 1.63. The van der Waals surface area contributed by atoms with Gasteiger partial charge in [0.1, 0.15) is 5.01 Å². The molecule has 0 saturated carbocycles. The fourth-order valence-corrected chi connectivity index (χ4v) is 3.17. The second-order valence-corrected chi connectivity index (χ2v) is 5.31. The molecule has 0 amide bonds. The van der Waals surface area contributed by atoms with Crippen LogP contribution in [0, 0.1) is 0 Å². The lowest BCUT2D eigenvalue weighted by Crippen LogP contribution is -2.29. The minimum absolute atomic E-state index is 0.0585. The van der Waals surface area contributed by atoms with E-state index in [1.54, 1.807) is 11.3 Å². The topological polar surface area (TPSA) is 36.4 Å². The third-order valence-corrected chi connectivity index (χ3v) is 4.10. The molecule has 0 atom stereocenters. The molecule has 1 aromatic carbocycles. The van der Waals surface area contributed by atoms with Crippen LogP contribution in [0.25, 0.3) is 0 Å². The van der Waals surface area contributed by atoms with Gasteiger partial charge in [0.25, 0.3) is 0 Å². The smallest absolute Gasteiger partial charge is 0.119 e. The quantitative estimate of drug-likeness (QED) is 0.882. The molecule has 0 radical (unpaired) electrons. The number of hydrogen-bond donors (Lipinski definition) is 1. The van der Waals surface area contributed by atoms with Crippen LogP contribution in [0.15, 0.2) is 30.3 Å². The first-order valence-electron chi connectivity index (χ1n) is 5.75. The van der Waals surface area contributed by atoms with E-state index in [0.29, 0.717) is 0 Å². The number of thiazole rings is 1. The van der Waals surface area contributed by atoms with Crippen molar-refractivity contribution >= 4 is 17.0 Å². The minimum Gasteiger partial charge on any atom is -0.389 e. The molecule has 4 heteroatoms. The minimum atomic E-state index is 0.0585. The van der Waals surface area contributed by atoms with Gasteiger partial charge >= 0.3 is 0 Å². The summed E-state index contributed by atoms with van der Waals surface area (Å²) in [6.45, 7) is 1.98. The zero-order valence-electron chi connectivity index (χ0n) is 9.47. The highest BCUT2D eigenvalue weighted by molar-refractivity contribution is 7.11. The van der Waals surface area contributed by atoms with Gasteiger partial charge in [0.05, 0.1) is 18.8 Å². The summed E-state index contributed by atoms with van der Waals surface area (Å²) in [5.74, 6) is 0. The molecule has 0 aliphatic carbocycles. The molecule has 88 valence electrons. The summed E-state index contributed by atoms with van der Waals surface area (Å²) in [6, 6.07) is 10.4. The van der Waals surface area contributed by atoms with E-state index < -0.39 is 0 Å². The van der Waals surface area contributed by atoms with Crippen molar-refractivity contribution in [3.05, 3.63) is 45.9 Å². The van der Waals surface area contributed by atoms with Gasteiger partial charge in [0.2, 0.25) is 0 Å². The van der Waals surface area contributed by atoms with E-state index >= 15 is 0 Å². The van der Waals surface area contributed by atoms with E-state index in [4.69, 9.17) is 5.11 Å². The Morgan fingerprint density at radius 2 is 2.12 bits per heavy atom. The molecule has 0 spiro atoms. The molecule has 0 bridgehead atoms. The zero-order valence-corrected chi connectivity index (χ0v) is 10.3. The summed E-state index contributed by atoms with van der Waals surface area (Å²) in [5, 5.41) is 9.94. The van der Waals surface area contributed by atoms with E-state index in [9.17, 15) is 0 Å². The van der Waals surface area contributed by atoms with Gasteiger partial charge in [-0.1, -0.05) is 18.2 Å². The van der Waals surface area contributed by atoms with Crippen molar-refractivity contribution in [3.8, 4) is 0 Å². The molecule has 17 heavy (non-hydrogen) atoms. The number of aliphatic hydroxyl groups is 1. The highest BCUT2D eigenvalue weighted by Crippen LogP contribution is 2.28. The van der Waals surface area contributed by atoms with Crippen molar-refractivity contribution in [1.29, 1.82) is 0 Å². The van der Waals surface area contributed by atoms with E-state index in [1.807, 2.05) is 6.07 Å². The molecule has 0 saturated heterocycles. The van der Waals surface area contributed by atoms with Gasteiger partial charge in [-0.3, -0.25) is 0 Å². The Bertz CT molecular complexity index is 509. The lowest BCUT2D eigenvalue weighted by Gasteiger charge is -2.28. The molecule has 3 nitrogen and oxygen atoms in total. The van der Waals surface area contributed by atoms with Crippen LogP contribution in [0.4, 0.5) is 5.69 Å². The van der Waals surface area contributed by atoms with Gasteiger partial charge in [-0.25, -0.2) is 4.98 Å². The molecule has 0 unspecified atom stereocenters. The van der Waals surface area contributed by atoms with Crippen LogP contribution in [0.1, 0.15) is 15.6 Å². The molecule has 3 rings (SSSR count). The molecule has 2 aromatic rings. The van der Waals surface area contributed by atoms with E-state index in [-0.39, 0.29) is 6.61 Å². The number of hydrogen-bond acceptors (Lipinski definition) is 4. The van der Waals surface area contributed by atoms with Crippen LogP contribution in [-0.4, -0.2) is 16.6 Å². The predicted molar refractivity (Wildman–Crippen MR) is 69.2 cm³/mol. The summed E-state index contributed by atoms with van der Waals surface area (Å²) in [4.78, 5) is 8.10. The number of benzene rings is 1. The first-order valence-corrected chi connectivity index (χ1v) is 6.57. The normalized spacial score (nSPS) is 14.8. The number of fused-ring (bicyclic) bond motifs is 1. The Morgan fingerprint density at radius 3 is 2.88 bits per heavy atom. The van der Waals surface area contributed by atoms with Gasteiger partial charge < -0.3 is 10.0 Å². The monoisotopic (exact) mass is 246 g/mol. The third kappa shape index (κ3) is 2.06. The van der Waals surface area contributed by atoms with Gasteiger partial charge in [-0.15, -0.1) is 11.3 Å². The predicted octanol–water partition coefficient (Wildman–Crippen LogP) is 2.20. The van der Waals surface area contributed by atoms with Crippen LogP contribution >= 0.6 is 11.3 Å². The molecule has 2 heterocycles. The first-order chi connectivity index (χ1) is 8.36. The largest absolute Gasteiger partial charge is 0.389 e. The number of aliphatic hydroxyl groups excluding tert-OH is 1. The Labute approximate surface area is 104 Å². The lowest BCUT2D eigenvalue weighted by molar-refractivity contribution is 0.281. The number of para-hydroxylation sites is 1. The van der Waals surface area contributed by atoms with E-state index in [1.165, 1.54) is 16.3 Å². The van der Waals surface area contributed by atoms with Gasteiger partial charge in [-0.05, 0) is 12.1 Å². The lowest BCUT2D eigenvalue weighted by atomic mass is 10.1. The maximum absolute atomic E-state index is 9.10. The maximum Gasteiger partial charge on any atom is 0.119 e. The SMILES string of the molecule is OCc1nc2c(s1)CN(c1ccccc1)CC2. The molecular weight excluding hydrogens is 232 g/mol. The maximum atomic E-state index is 9.10. The van der Waals surface area contributed by atoms with Crippen LogP contribution in [-0.2, 0) is 19.6 Å². The Balaban J connectivity index is 1.85. The average Bonchev–Trinajstić information content (AvgIpc) is 2.81. The van der Waals surface area contributed by atoms with Crippen LogP contribution in [0.5, 0.6) is 0 Å². The zero-order chi connectivity index (χ0) is 11.7. The Kier molecular flexibility index (Phi) is 2.82. The van der Waals surface area contributed by atoms with Crippen LogP contribution in [0.3, 0.4) is 0 Å². The van der Waals surface area contributed by atoms with Crippen molar-refractivity contribution in [2.24, 2.45) is 0 Å². The van der Waals surface area contributed by atoms with Gasteiger partial charge in [0, 0.05) is 23.5 Å². The average molecular weight is 246 g/mol. The molecule has 1 N–H and O–H groups in total. The number of aromatic nitrogens is 1. The van der Waals surface area contributed by atoms with Crippen molar-refractivity contribution < 1.29 is 5.11 Å². The van der Waals surface area contributed by atoms with Crippen molar-refractivity contribution in [1.82, 2.24) is 4.98 Å². The number of rotatable bonds is 2. The Hall–Kier alpha value is -1.39. The number of anilines is 1. The standard InChI is InChI=1S/C13H14N2OS/c16-9-13-14-11-6-7-15(8-12(11)17-13)10-4-2-1-3-5-10/h1-5,16H,6-9H2. The van der Waals surface area contributed by atoms with E-state index in [0.717, 1.165) is 24.5 Å². The van der Waals surface area contributed by atoms with E-state index in [2.05, 4.69) is 34.1 Å². The fourth-order valence-electron chi connectivity index (χ4n) is 2.18. The molecule has 0 fully saturated rings. The second-order valence-electron chi connectivity index (χ2n) is 4.14. The highest BCUT2D eigenvalue weighted by Gasteiger charge is 2.20. The molecular formula is C13H14N2OS. The number of nitrogens with zero attached hydrogens (tertiary/aromatic N) is 2. The van der Waals surface area contributed by atoms with Gasteiger partial charge in [-0.2, -0.15) is 0 Å². The Morgan fingerprint density at radius 1 is 1.29 bits per heavy atom. The summed E-state index contributed by atoms with van der Waals surface area (Å²) < 4.78 is 0. The van der Waals surface area contributed by atoms with Crippen molar-refractivity contribution in [3.63, 3.8) is 0 Å². The van der Waals surface area contributed by atoms with Crippen molar-refractivity contribution in [2.75, 3.05) is 11.4 Å². The second kappa shape index (κ2) is 4.47. The first kappa shape index (κ1) is 10.7. The highest BCUT2D eigenvalue weighted by atomic mass is 32.1. The summed E-state index contributed by atoms with van der Waals surface area (Å²) in [7, 11) is 0. The van der Waals surface area contributed by atoms with Crippen molar-refractivity contribution in [2.45, 2.75) is 19.6 Å².